The van der Waals surface area contributed by atoms with Gasteiger partial charge in [0.1, 0.15) is 5.52 Å². The van der Waals surface area contributed by atoms with E-state index in [2.05, 4.69) is 15.3 Å². The molecule has 19 heavy (non-hydrogen) atoms. The molecule has 0 aliphatic carbocycles. The van der Waals surface area contributed by atoms with E-state index in [0.717, 1.165) is 5.52 Å². The number of carbonyl (C=O) groups is 1. The molecule has 0 aliphatic rings. The minimum absolute atomic E-state index is 0.194. The number of benzene rings is 2. The van der Waals surface area contributed by atoms with Gasteiger partial charge < -0.3 is 10.3 Å². The fraction of sp³-hybridized carbons (Fsp3) is 0. The fourth-order valence-corrected chi connectivity index (χ4v) is 2.01. The lowest BCUT2D eigenvalue weighted by Gasteiger charge is -2.05. The molecule has 1 heterocycles. The lowest BCUT2D eigenvalue weighted by atomic mass is 10.1. The van der Waals surface area contributed by atoms with E-state index in [9.17, 15) is 4.79 Å². The molecule has 0 saturated heterocycles. The first-order valence-electron chi connectivity index (χ1n) is 5.73. The molecule has 0 saturated carbocycles. The second kappa shape index (κ2) is 4.74. The largest absolute Gasteiger partial charge is 0.345 e. The molecule has 0 bridgehead atoms. The molecule has 0 unspecified atom stereocenters. The van der Waals surface area contributed by atoms with Gasteiger partial charge in [0.05, 0.1) is 17.4 Å². The van der Waals surface area contributed by atoms with Crippen LogP contribution in [-0.2, 0) is 0 Å². The van der Waals surface area contributed by atoms with E-state index >= 15 is 0 Å². The van der Waals surface area contributed by atoms with E-state index in [4.69, 9.17) is 11.6 Å². The lowest BCUT2D eigenvalue weighted by Crippen LogP contribution is -2.12. The predicted molar refractivity (Wildman–Crippen MR) is 75.5 cm³/mol. The van der Waals surface area contributed by atoms with Crippen molar-refractivity contribution in [2.45, 2.75) is 0 Å². The van der Waals surface area contributed by atoms with Crippen molar-refractivity contribution in [2.24, 2.45) is 0 Å². The van der Waals surface area contributed by atoms with Crippen LogP contribution in [-0.4, -0.2) is 15.9 Å². The van der Waals surface area contributed by atoms with Gasteiger partial charge in [-0.2, -0.15) is 0 Å². The van der Waals surface area contributed by atoms with Crippen molar-refractivity contribution in [3.63, 3.8) is 0 Å². The number of para-hydroxylation sites is 1. The number of nitrogens with one attached hydrogen (secondary N) is 2. The normalized spacial score (nSPS) is 10.6. The number of amides is 1. The average molecular weight is 272 g/mol. The van der Waals surface area contributed by atoms with Gasteiger partial charge in [0, 0.05) is 10.7 Å². The van der Waals surface area contributed by atoms with Crippen molar-refractivity contribution in [1.82, 2.24) is 9.97 Å². The SMILES string of the molecule is O=C(Nc1ccc(Cl)cc1)c1cccc2[nH]cnc12. The summed E-state index contributed by atoms with van der Waals surface area (Å²) in [6, 6.07) is 12.4. The Labute approximate surface area is 114 Å². The highest BCUT2D eigenvalue weighted by Crippen LogP contribution is 2.18. The van der Waals surface area contributed by atoms with E-state index in [1.807, 2.05) is 12.1 Å². The molecule has 0 spiro atoms. The molecule has 2 N–H and O–H groups in total. The molecule has 2 aromatic carbocycles. The smallest absolute Gasteiger partial charge is 0.257 e. The monoisotopic (exact) mass is 271 g/mol. The third-order valence-corrected chi connectivity index (χ3v) is 3.05. The highest BCUT2D eigenvalue weighted by Gasteiger charge is 2.11. The van der Waals surface area contributed by atoms with Crippen LogP contribution in [0, 0.1) is 0 Å². The van der Waals surface area contributed by atoms with E-state index < -0.39 is 0 Å². The molecule has 1 aromatic heterocycles. The summed E-state index contributed by atoms with van der Waals surface area (Å²) in [6.07, 6.45) is 1.57. The Hall–Kier alpha value is -2.33. The highest BCUT2D eigenvalue weighted by molar-refractivity contribution is 6.30. The van der Waals surface area contributed by atoms with Gasteiger partial charge in [0.25, 0.3) is 5.91 Å². The summed E-state index contributed by atoms with van der Waals surface area (Å²) >= 11 is 5.80. The summed E-state index contributed by atoms with van der Waals surface area (Å²) in [5.74, 6) is -0.194. The summed E-state index contributed by atoms with van der Waals surface area (Å²) in [5.41, 5.74) is 2.73. The van der Waals surface area contributed by atoms with E-state index in [0.29, 0.717) is 21.8 Å². The van der Waals surface area contributed by atoms with Gasteiger partial charge in [-0.05, 0) is 36.4 Å². The number of H-pyrrole nitrogens is 1. The zero-order valence-electron chi connectivity index (χ0n) is 9.85. The molecular weight excluding hydrogens is 262 g/mol. The van der Waals surface area contributed by atoms with Crippen LogP contribution in [0.2, 0.25) is 5.02 Å². The number of aromatic amines is 1. The van der Waals surface area contributed by atoms with Crippen molar-refractivity contribution < 1.29 is 4.79 Å². The number of aromatic nitrogens is 2. The van der Waals surface area contributed by atoms with Gasteiger partial charge in [0.2, 0.25) is 0 Å². The maximum Gasteiger partial charge on any atom is 0.257 e. The van der Waals surface area contributed by atoms with Crippen LogP contribution in [0.15, 0.2) is 48.8 Å². The number of hydrogen-bond acceptors (Lipinski definition) is 2. The topological polar surface area (TPSA) is 57.8 Å². The Morgan fingerprint density at radius 1 is 1.16 bits per heavy atom. The highest BCUT2D eigenvalue weighted by atomic mass is 35.5. The second-order valence-corrected chi connectivity index (χ2v) is 4.50. The maximum absolute atomic E-state index is 12.2. The Balaban J connectivity index is 1.92. The van der Waals surface area contributed by atoms with E-state index in [-0.39, 0.29) is 5.91 Å². The number of rotatable bonds is 2. The molecule has 0 aliphatic heterocycles. The van der Waals surface area contributed by atoms with Gasteiger partial charge in [-0.15, -0.1) is 0 Å². The Kier molecular flexibility index (Phi) is 2.93. The summed E-state index contributed by atoms with van der Waals surface area (Å²) < 4.78 is 0. The quantitative estimate of drug-likeness (QED) is 0.750. The summed E-state index contributed by atoms with van der Waals surface area (Å²) in [5, 5.41) is 3.45. The number of halogens is 1. The standard InChI is InChI=1S/C14H10ClN3O/c15-9-4-6-10(7-5-9)18-14(19)11-2-1-3-12-13(11)17-8-16-12/h1-8H,(H,16,17)(H,18,19). The molecule has 5 heteroatoms. The van der Waals surface area contributed by atoms with Gasteiger partial charge in [0.15, 0.2) is 0 Å². The van der Waals surface area contributed by atoms with Gasteiger partial charge >= 0.3 is 0 Å². The molecular formula is C14H10ClN3O. The molecule has 0 atom stereocenters. The molecule has 94 valence electrons. The lowest BCUT2D eigenvalue weighted by molar-refractivity contribution is 0.102. The zero-order chi connectivity index (χ0) is 13.2. The number of carbonyl (C=O) groups excluding carboxylic acids is 1. The summed E-state index contributed by atoms with van der Waals surface area (Å²) in [4.78, 5) is 19.3. The van der Waals surface area contributed by atoms with E-state index in [1.54, 1.807) is 36.7 Å². The predicted octanol–water partition coefficient (Wildman–Crippen LogP) is 3.47. The minimum atomic E-state index is -0.194. The van der Waals surface area contributed by atoms with Crippen molar-refractivity contribution in [3.05, 3.63) is 59.4 Å². The van der Waals surface area contributed by atoms with Crippen molar-refractivity contribution in [3.8, 4) is 0 Å². The van der Waals surface area contributed by atoms with Crippen LogP contribution in [0.3, 0.4) is 0 Å². The van der Waals surface area contributed by atoms with Crippen LogP contribution in [0.25, 0.3) is 11.0 Å². The third kappa shape index (κ3) is 2.30. The Bertz CT molecular complexity index is 734. The third-order valence-electron chi connectivity index (χ3n) is 2.80. The average Bonchev–Trinajstić information content (AvgIpc) is 2.89. The first kappa shape index (κ1) is 11.7. The number of fused-ring (bicyclic) bond motifs is 1. The zero-order valence-corrected chi connectivity index (χ0v) is 10.6. The first-order valence-corrected chi connectivity index (χ1v) is 6.11. The van der Waals surface area contributed by atoms with Crippen LogP contribution in [0.4, 0.5) is 5.69 Å². The summed E-state index contributed by atoms with van der Waals surface area (Å²) in [7, 11) is 0. The Morgan fingerprint density at radius 2 is 1.95 bits per heavy atom. The number of hydrogen-bond donors (Lipinski definition) is 2. The van der Waals surface area contributed by atoms with Gasteiger partial charge in [-0.1, -0.05) is 17.7 Å². The number of nitrogens with zero attached hydrogens (tertiary/aromatic N) is 1. The van der Waals surface area contributed by atoms with Crippen molar-refractivity contribution in [1.29, 1.82) is 0 Å². The van der Waals surface area contributed by atoms with Crippen molar-refractivity contribution in [2.75, 3.05) is 5.32 Å². The Morgan fingerprint density at radius 3 is 2.74 bits per heavy atom. The fourth-order valence-electron chi connectivity index (χ4n) is 1.88. The van der Waals surface area contributed by atoms with Crippen molar-refractivity contribution >= 4 is 34.2 Å². The molecule has 3 rings (SSSR count). The summed E-state index contributed by atoms with van der Waals surface area (Å²) in [6.45, 7) is 0. The van der Waals surface area contributed by atoms with Crippen LogP contribution in [0.1, 0.15) is 10.4 Å². The first-order chi connectivity index (χ1) is 9.24. The molecule has 0 fully saturated rings. The van der Waals surface area contributed by atoms with E-state index in [1.165, 1.54) is 0 Å². The van der Waals surface area contributed by atoms with Crippen LogP contribution >= 0.6 is 11.6 Å². The van der Waals surface area contributed by atoms with Gasteiger partial charge in [-0.3, -0.25) is 4.79 Å². The number of anilines is 1. The molecule has 3 aromatic rings. The minimum Gasteiger partial charge on any atom is -0.345 e. The van der Waals surface area contributed by atoms with Crippen LogP contribution < -0.4 is 5.32 Å². The second-order valence-electron chi connectivity index (χ2n) is 4.07. The number of imidazole rings is 1. The maximum atomic E-state index is 12.2. The van der Waals surface area contributed by atoms with Gasteiger partial charge in [-0.25, -0.2) is 4.98 Å². The molecule has 4 nitrogen and oxygen atoms in total. The van der Waals surface area contributed by atoms with Crippen LogP contribution in [0.5, 0.6) is 0 Å². The molecule has 1 amide bonds. The molecule has 0 radical (unpaired) electrons.